The van der Waals surface area contributed by atoms with Crippen LogP contribution in [-0.4, -0.2) is 35.8 Å². The third-order valence-electron chi connectivity index (χ3n) is 6.67. The number of fused-ring (bicyclic) bond motifs is 5. The highest BCUT2D eigenvalue weighted by Crippen LogP contribution is 2.48. The van der Waals surface area contributed by atoms with Gasteiger partial charge in [0.25, 0.3) is 0 Å². The fourth-order valence-corrected chi connectivity index (χ4v) is 5.05. The van der Waals surface area contributed by atoms with Crippen molar-refractivity contribution in [2.24, 2.45) is 0 Å². The second kappa shape index (κ2) is 6.34. The summed E-state index contributed by atoms with van der Waals surface area (Å²) in [6, 6.07) is 23.8. The number of nitrogens with one attached hydrogen (secondary N) is 1. The molecular formula is C25H25N3O. The number of hydrazine groups is 1. The highest BCUT2D eigenvalue weighted by Gasteiger charge is 2.51. The highest BCUT2D eigenvalue weighted by molar-refractivity contribution is 5.93. The summed E-state index contributed by atoms with van der Waals surface area (Å²) in [7, 11) is 2.19. The molecule has 1 atom stereocenters. The molecule has 0 aliphatic carbocycles. The average molecular weight is 383 g/mol. The van der Waals surface area contributed by atoms with Crippen LogP contribution >= 0.6 is 0 Å². The van der Waals surface area contributed by atoms with Crippen molar-refractivity contribution in [2.45, 2.75) is 24.6 Å². The van der Waals surface area contributed by atoms with Gasteiger partial charge in [0, 0.05) is 37.1 Å². The summed E-state index contributed by atoms with van der Waals surface area (Å²) in [6.07, 6.45) is 4.35. The number of hydrogen-bond acceptors (Lipinski definition) is 4. The van der Waals surface area contributed by atoms with Gasteiger partial charge in [-0.2, -0.15) is 5.01 Å². The maximum Gasteiger partial charge on any atom is 0.182 e. The zero-order valence-electron chi connectivity index (χ0n) is 16.6. The van der Waals surface area contributed by atoms with Crippen LogP contribution in [0.5, 0.6) is 5.75 Å². The number of ether oxygens (including phenoxy) is 1. The standard InChI is InChI=1S/C25H25N3O/c1-27-15-13-25(14-16-27)28-23(21-10-4-5-12-24(21)29-25)17-22(26-28)20-11-6-8-18-7-2-3-9-19(18)20/h2-12,17,23,26H,13-16H2,1H3/t23-/m1/s1. The van der Waals surface area contributed by atoms with Crippen molar-refractivity contribution < 1.29 is 4.74 Å². The molecule has 0 amide bonds. The van der Waals surface area contributed by atoms with Gasteiger partial charge >= 0.3 is 0 Å². The van der Waals surface area contributed by atoms with E-state index >= 15 is 0 Å². The van der Waals surface area contributed by atoms with Crippen molar-refractivity contribution in [3.05, 3.63) is 83.9 Å². The Labute approximate surface area is 171 Å². The Morgan fingerprint density at radius 3 is 2.59 bits per heavy atom. The third kappa shape index (κ3) is 2.60. The molecule has 3 aliphatic rings. The molecule has 1 saturated heterocycles. The molecule has 1 N–H and O–H groups in total. The lowest BCUT2D eigenvalue weighted by Crippen LogP contribution is -2.63. The number of piperidine rings is 1. The second-order valence-electron chi connectivity index (χ2n) is 8.42. The van der Waals surface area contributed by atoms with Crippen molar-refractivity contribution in [1.82, 2.24) is 15.3 Å². The molecule has 0 radical (unpaired) electrons. The molecule has 1 spiro atoms. The first kappa shape index (κ1) is 17.1. The molecule has 4 heteroatoms. The van der Waals surface area contributed by atoms with E-state index in [1.807, 2.05) is 0 Å². The van der Waals surface area contributed by atoms with Crippen LogP contribution in [0.3, 0.4) is 0 Å². The topological polar surface area (TPSA) is 27.7 Å². The molecule has 3 aliphatic heterocycles. The Balaban J connectivity index is 1.47. The monoisotopic (exact) mass is 383 g/mol. The average Bonchev–Trinajstić information content (AvgIpc) is 3.22. The summed E-state index contributed by atoms with van der Waals surface area (Å²) in [5.74, 6) is 1.02. The van der Waals surface area contributed by atoms with Crippen LogP contribution in [0.25, 0.3) is 16.5 Å². The molecular weight excluding hydrogens is 358 g/mol. The Kier molecular flexibility index (Phi) is 3.73. The third-order valence-corrected chi connectivity index (χ3v) is 6.67. The second-order valence-corrected chi connectivity index (χ2v) is 8.42. The molecule has 1 fully saturated rings. The van der Waals surface area contributed by atoms with Crippen LogP contribution in [0, 0.1) is 0 Å². The Morgan fingerprint density at radius 1 is 0.931 bits per heavy atom. The minimum atomic E-state index is -0.311. The van der Waals surface area contributed by atoms with E-state index in [2.05, 4.69) is 95.2 Å². The Morgan fingerprint density at radius 2 is 1.69 bits per heavy atom. The van der Waals surface area contributed by atoms with Gasteiger partial charge in [-0.3, -0.25) is 0 Å². The van der Waals surface area contributed by atoms with Gasteiger partial charge in [-0.1, -0.05) is 60.7 Å². The number of rotatable bonds is 1. The predicted molar refractivity (Wildman–Crippen MR) is 116 cm³/mol. The number of benzene rings is 3. The minimum Gasteiger partial charge on any atom is -0.470 e. The normalized spacial score (nSPS) is 23.2. The number of likely N-dealkylation sites (tertiary alicyclic amines) is 1. The summed E-state index contributed by atoms with van der Waals surface area (Å²) in [5, 5.41) is 4.92. The zero-order chi connectivity index (χ0) is 19.4. The van der Waals surface area contributed by atoms with Crippen LogP contribution in [0.2, 0.25) is 0 Å². The van der Waals surface area contributed by atoms with Gasteiger partial charge in [0.05, 0.1) is 11.7 Å². The van der Waals surface area contributed by atoms with Crippen LogP contribution in [0.1, 0.15) is 30.0 Å². The van der Waals surface area contributed by atoms with Crippen molar-refractivity contribution >= 4 is 16.5 Å². The Hall–Kier alpha value is -2.82. The molecule has 3 aromatic carbocycles. The predicted octanol–water partition coefficient (Wildman–Crippen LogP) is 4.56. The van der Waals surface area contributed by atoms with E-state index in [-0.39, 0.29) is 11.8 Å². The van der Waals surface area contributed by atoms with Gasteiger partial charge in [-0.15, -0.1) is 0 Å². The fraction of sp³-hybridized carbons (Fsp3) is 0.280. The maximum absolute atomic E-state index is 6.70. The van der Waals surface area contributed by atoms with E-state index in [0.29, 0.717) is 0 Å². The maximum atomic E-state index is 6.70. The minimum absolute atomic E-state index is 0.178. The van der Waals surface area contributed by atoms with E-state index in [1.165, 1.54) is 27.6 Å². The molecule has 0 saturated carbocycles. The summed E-state index contributed by atoms with van der Waals surface area (Å²) < 4.78 is 6.70. The van der Waals surface area contributed by atoms with Gasteiger partial charge in [0.15, 0.2) is 5.72 Å². The molecule has 29 heavy (non-hydrogen) atoms. The van der Waals surface area contributed by atoms with Crippen LogP contribution < -0.4 is 10.2 Å². The van der Waals surface area contributed by atoms with Crippen molar-refractivity contribution in [3.63, 3.8) is 0 Å². The molecule has 6 rings (SSSR count). The zero-order valence-corrected chi connectivity index (χ0v) is 16.6. The van der Waals surface area contributed by atoms with E-state index in [1.54, 1.807) is 0 Å². The first-order valence-electron chi connectivity index (χ1n) is 10.5. The largest absolute Gasteiger partial charge is 0.470 e. The molecule has 3 heterocycles. The van der Waals surface area contributed by atoms with Gasteiger partial charge in [-0.05, 0) is 30.0 Å². The summed E-state index contributed by atoms with van der Waals surface area (Å²) in [4.78, 5) is 2.39. The van der Waals surface area contributed by atoms with Gasteiger partial charge < -0.3 is 15.1 Å². The summed E-state index contributed by atoms with van der Waals surface area (Å²) >= 11 is 0. The molecule has 0 unspecified atom stereocenters. The van der Waals surface area contributed by atoms with Crippen LogP contribution in [0.4, 0.5) is 0 Å². The van der Waals surface area contributed by atoms with E-state index in [0.717, 1.165) is 31.7 Å². The highest BCUT2D eigenvalue weighted by atomic mass is 16.5. The number of hydrogen-bond donors (Lipinski definition) is 1. The van der Waals surface area contributed by atoms with Gasteiger partial charge in [0.1, 0.15) is 5.75 Å². The first-order valence-corrected chi connectivity index (χ1v) is 10.5. The lowest BCUT2D eigenvalue weighted by molar-refractivity contribution is -0.157. The fourth-order valence-electron chi connectivity index (χ4n) is 5.05. The smallest absolute Gasteiger partial charge is 0.182 e. The Bertz CT molecular complexity index is 1110. The molecule has 0 bridgehead atoms. The van der Waals surface area contributed by atoms with Crippen molar-refractivity contribution in [3.8, 4) is 5.75 Å². The quantitative estimate of drug-likeness (QED) is 0.667. The number of para-hydroxylation sites is 1. The van der Waals surface area contributed by atoms with Crippen LogP contribution in [0.15, 0.2) is 72.8 Å². The van der Waals surface area contributed by atoms with Crippen LogP contribution in [-0.2, 0) is 0 Å². The van der Waals surface area contributed by atoms with Crippen molar-refractivity contribution in [1.29, 1.82) is 0 Å². The van der Waals surface area contributed by atoms with E-state index in [4.69, 9.17) is 4.74 Å². The first-order chi connectivity index (χ1) is 14.2. The van der Waals surface area contributed by atoms with Gasteiger partial charge in [-0.25, -0.2) is 0 Å². The molecule has 146 valence electrons. The molecule has 0 aromatic heterocycles. The van der Waals surface area contributed by atoms with Crippen molar-refractivity contribution in [2.75, 3.05) is 20.1 Å². The SMILES string of the molecule is CN1CCC2(CC1)Oc1ccccc1[C@H]1C=C(c3cccc4ccccc34)NN12. The molecule has 4 nitrogen and oxygen atoms in total. The number of nitrogens with zero attached hydrogens (tertiary/aromatic N) is 2. The van der Waals surface area contributed by atoms with E-state index < -0.39 is 0 Å². The lowest BCUT2D eigenvalue weighted by atomic mass is 9.93. The molecule has 3 aromatic rings. The summed E-state index contributed by atoms with van der Waals surface area (Å²) in [5.41, 5.74) is 7.11. The summed E-state index contributed by atoms with van der Waals surface area (Å²) in [6.45, 7) is 2.08. The van der Waals surface area contributed by atoms with Gasteiger partial charge in [0.2, 0.25) is 0 Å². The lowest BCUT2D eigenvalue weighted by Gasteiger charge is -2.51. The van der Waals surface area contributed by atoms with E-state index in [9.17, 15) is 0 Å².